The van der Waals surface area contributed by atoms with Gasteiger partial charge in [-0.2, -0.15) is 5.10 Å². The molecule has 3 rings (SSSR count). The maximum Gasteiger partial charge on any atom is 0.346 e. The molecule has 24 heavy (non-hydrogen) atoms. The molecule has 11 heteroatoms. The predicted molar refractivity (Wildman–Crippen MR) is 93.1 cm³/mol. The number of nitrogens with two attached hydrogens (primary N) is 1. The Bertz CT molecular complexity index is 782. The summed E-state index contributed by atoms with van der Waals surface area (Å²) in [6.07, 6.45) is 1.77. The van der Waals surface area contributed by atoms with E-state index in [-0.39, 0.29) is 30.5 Å². The molecule has 2 aromatic heterocycles. The lowest BCUT2D eigenvalue weighted by atomic mass is 10.3. The van der Waals surface area contributed by atoms with Gasteiger partial charge < -0.3 is 10.6 Å². The molecule has 0 aliphatic carbocycles. The zero-order chi connectivity index (χ0) is 16.6. The van der Waals surface area contributed by atoms with Crippen molar-refractivity contribution >= 4 is 34.8 Å². The number of halogens is 1. The minimum absolute atomic E-state index is 0. The van der Waals surface area contributed by atoms with Crippen molar-refractivity contribution in [3.05, 3.63) is 27.4 Å². The van der Waals surface area contributed by atoms with Gasteiger partial charge in [-0.15, -0.1) is 23.7 Å². The largest absolute Gasteiger partial charge is 0.375 e. The van der Waals surface area contributed by atoms with Gasteiger partial charge in [0.2, 0.25) is 5.91 Å². The SMILES string of the molecule is CN(C)C(=O)Cn1nc2n(c1=O)CCN(Cc1cnc(N)s1)C2.Cl. The summed E-state index contributed by atoms with van der Waals surface area (Å²) in [7, 11) is 3.32. The summed E-state index contributed by atoms with van der Waals surface area (Å²) < 4.78 is 2.88. The first-order valence-electron chi connectivity index (χ1n) is 7.23. The van der Waals surface area contributed by atoms with Gasteiger partial charge in [-0.1, -0.05) is 0 Å². The number of nitrogens with zero attached hydrogens (tertiary/aromatic N) is 6. The van der Waals surface area contributed by atoms with Crippen LogP contribution in [0.3, 0.4) is 0 Å². The highest BCUT2D eigenvalue weighted by atomic mass is 35.5. The number of amides is 1. The maximum absolute atomic E-state index is 12.3. The fourth-order valence-corrected chi connectivity index (χ4v) is 3.20. The second kappa shape index (κ2) is 7.32. The molecule has 1 amide bonds. The fraction of sp³-hybridized carbons (Fsp3) is 0.538. The molecule has 0 atom stereocenters. The van der Waals surface area contributed by atoms with Gasteiger partial charge in [-0.05, 0) is 0 Å². The van der Waals surface area contributed by atoms with Crippen LogP contribution in [0.5, 0.6) is 0 Å². The Morgan fingerprint density at radius 1 is 1.42 bits per heavy atom. The second-order valence-electron chi connectivity index (χ2n) is 5.67. The number of thiazole rings is 1. The highest BCUT2D eigenvalue weighted by molar-refractivity contribution is 7.15. The van der Waals surface area contributed by atoms with Crippen molar-refractivity contribution < 1.29 is 4.79 Å². The van der Waals surface area contributed by atoms with Crippen LogP contribution in [-0.2, 0) is 31.0 Å². The van der Waals surface area contributed by atoms with E-state index in [2.05, 4.69) is 15.0 Å². The third kappa shape index (κ3) is 3.77. The summed E-state index contributed by atoms with van der Waals surface area (Å²) >= 11 is 1.46. The van der Waals surface area contributed by atoms with Crippen molar-refractivity contribution in [3.63, 3.8) is 0 Å². The van der Waals surface area contributed by atoms with Gasteiger partial charge in [0.1, 0.15) is 12.4 Å². The Morgan fingerprint density at radius 2 is 2.17 bits per heavy atom. The van der Waals surface area contributed by atoms with Crippen LogP contribution in [0.2, 0.25) is 0 Å². The fourth-order valence-electron chi connectivity index (χ4n) is 2.47. The zero-order valence-corrected chi connectivity index (χ0v) is 15.1. The molecular formula is C13H20ClN7O2S. The van der Waals surface area contributed by atoms with Crippen molar-refractivity contribution in [2.45, 2.75) is 26.2 Å². The normalized spacial score (nSPS) is 14.1. The first kappa shape index (κ1) is 18.4. The number of nitrogen functional groups attached to an aromatic ring is 1. The monoisotopic (exact) mass is 373 g/mol. The lowest BCUT2D eigenvalue weighted by molar-refractivity contribution is -0.129. The predicted octanol–water partition coefficient (Wildman–Crippen LogP) is -0.391. The lowest BCUT2D eigenvalue weighted by Gasteiger charge is -2.25. The summed E-state index contributed by atoms with van der Waals surface area (Å²) in [5.74, 6) is 0.532. The molecule has 3 heterocycles. The van der Waals surface area contributed by atoms with Crippen molar-refractivity contribution in [1.29, 1.82) is 0 Å². The molecule has 0 saturated carbocycles. The maximum atomic E-state index is 12.3. The Kier molecular flexibility index (Phi) is 5.62. The molecular weight excluding hydrogens is 354 g/mol. The second-order valence-corrected chi connectivity index (χ2v) is 6.82. The zero-order valence-electron chi connectivity index (χ0n) is 13.5. The first-order valence-corrected chi connectivity index (χ1v) is 8.05. The standard InChI is InChI=1S/C13H19N7O2S.ClH/c1-17(2)11(21)8-20-13(22)19-4-3-18(7-10(19)16-20)6-9-5-15-12(14)23-9;/h5H,3-4,6-8H2,1-2H3,(H2,14,15);1H. The molecule has 0 fully saturated rings. The van der Waals surface area contributed by atoms with Crippen LogP contribution in [-0.4, -0.2) is 55.7 Å². The smallest absolute Gasteiger partial charge is 0.346 e. The number of rotatable bonds is 4. The average Bonchev–Trinajstić information content (AvgIpc) is 3.03. The molecule has 0 radical (unpaired) electrons. The summed E-state index contributed by atoms with van der Waals surface area (Å²) in [6.45, 7) is 2.58. The van der Waals surface area contributed by atoms with Gasteiger partial charge in [-0.3, -0.25) is 14.3 Å². The van der Waals surface area contributed by atoms with E-state index in [0.29, 0.717) is 24.0 Å². The summed E-state index contributed by atoms with van der Waals surface area (Å²) in [6, 6.07) is 0. The quantitative estimate of drug-likeness (QED) is 0.783. The number of carbonyl (C=O) groups is 1. The Labute approximate surface area is 149 Å². The van der Waals surface area contributed by atoms with Gasteiger partial charge in [-0.25, -0.2) is 14.5 Å². The Balaban J connectivity index is 0.00000208. The van der Waals surface area contributed by atoms with Crippen LogP contribution in [0, 0.1) is 0 Å². The number of hydrogen-bond acceptors (Lipinski definition) is 7. The van der Waals surface area contributed by atoms with Gasteiger partial charge in [0.05, 0.1) is 6.54 Å². The summed E-state index contributed by atoms with van der Waals surface area (Å²) in [4.78, 5) is 32.8. The minimum Gasteiger partial charge on any atom is -0.375 e. The molecule has 0 saturated heterocycles. The van der Waals surface area contributed by atoms with Gasteiger partial charge in [0.15, 0.2) is 5.13 Å². The third-order valence-electron chi connectivity index (χ3n) is 3.74. The molecule has 0 aromatic carbocycles. The highest BCUT2D eigenvalue weighted by Crippen LogP contribution is 2.18. The number of anilines is 1. The Hall–Kier alpha value is -1.91. The van der Waals surface area contributed by atoms with Crippen LogP contribution < -0.4 is 11.4 Å². The molecule has 1 aliphatic heterocycles. The molecule has 0 unspecified atom stereocenters. The van der Waals surface area contributed by atoms with E-state index >= 15 is 0 Å². The van der Waals surface area contributed by atoms with Crippen LogP contribution in [0.15, 0.2) is 11.0 Å². The molecule has 0 spiro atoms. The van der Waals surface area contributed by atoms with Crippen LogP contribution in [0.1, 0.15) is 10.7 Å². The third-order valence-corrected chi connectivity index (χ3v) is 4.55. The summed E-state index contributed by atoms with van der Waals surface area (Å²) in [5, 5.41) is 4.87. The van der Waals surface area contributed by atoms with Crippen molar-refractivity contribution in [3.8, 4) is 0 Å². The van der Waals surface area contributed by atoms with E-state index in [9.17, 15) is 9.59 Å². The molecule has 2 aromatic rings. The molecule has 2 N–H and O–H groups in total. The minimum atomic E-state index is -0.225. The summed E-state index contributed by atoms with van der Waals surface area (Å²) in [5.41, 5.74) is 5.42. The molecule has 132 valence electrons. The Morgan fingerprint density at radius 3 is 2.79 bits per heavy atom. The number of fused-ring (bicyclic) bond motifs is 1. The van der Waals surface area contributed by atoms with Crippen LogP contribution >= 0.6 is 23.7 Å². The number of aromatic nitrogens is 4. The van der Waals surface area contributed by atoms with Crippen LogP contribution in [0.25, 0.3) is 0 Å². The van der Waals surface area contributed by atoms with E-state index in [1.807, 2.05) is 0 Å². The molecule has 1 aliphatic rings. The lowest BCUT2D eigenvalue weighted by Crippen LogP contribution is -2.38. The highest BCUT2D eigenvalue weighted by Gasteiger charge is 2.23. The van der Waals surface area contributed by atoms with E-state index in [0.717, 1.165) is 18.0 Å². The van der Waals surface area contributed by atoms with Gasteiger partial charge in [0, 0.05) is 44.8 Å². The number of carbonyl (C=O) groups excluding carboxylic acids is 1. The van der Waals surface area contributed by atoms with Gasteiger partial charge >= 0.3 is 5.69 Å². The average molecular weight is 374 g/mol. The van der Waals surface area contributed by atoms with Crippen molar-refractivity contribution in [1.82, 2.24) is 29.1 Å². The topological polar surface area (TPSA) is 102 Å². The number of likely N-dealkylation sites (N-methyl/N-ethyl adjacent to an activating group) is 1. The van der Waals surface area contributed by atoms with E-state index in [1.54, 1.807) is 24.9 Å². The van der Waals surface area contributed by atoms with E-state index < -0.39 is 0 Å². The number of hydrogen-bond donors (Lipinski definition) is 1. The van der Waals surface area contributed by atoms with E-state index in [1.165, 1.54) is 20.9 Å². The molecule has 0 bridgehead atoms. The first-order chi connectivity index (χ1) is 10.9. The molecule has 9 nitrogen and oxygen atoms in total. The van der Waals surface area contributed by atoms with Crippen LogP contribution in [0.4, 0.5) is 5.13 Å². The van der Waals surface area contributed by atoms with Crippen molar-refractivity contribution in [2.24, 2.45) is 0 Å². The van der Waals surface area contributed by atoms with Gasteiger partial charge in [0.25, 0.3) is 0 Å². The van der Waals surface area contributed by atoms with Crippen molar-refractivity contribution in [2.75, 3.05) is 26.4 Å². The van der Waals surface area contributed by atoms with E-state index in [4.69, 9.17) is 5.73 Å².